The predicted molar refractivity (Wildman–Crippen MR) is 109 cm³/mol. The second-order valence-corrected chi connectivity index (χ2v) is 6.09. The number of hydrogen-bond donors (Lipinski definition) is 2. The highest BCUT2D eigenvalue weighted by Crippen LogP contribution is 2.18. The molecule has 0 radical (unpaired) electrons. The van der Waals surface area contributed by atoms with Crippen molar-refractivity contribution in [3.8, 4) is 0 Å². The standard InChI is InChI=1S/C20H14N4O6/c25-19(22-16-7-11-18(12-8-16)24(29)30)13-1-5-15(6-2-13)21-20(26)14-3-9-17(10-4-14)23(27)28/h1-12H,(H,21,26)(H,22,25). The summed E-state index contributed by atoms with van der Waals surface area (Å²) in [5.74, 6) is -0.870. The van der Waals surface area contributed by atoms with Gasteiger partial charge in [-0.2, -0.15) is 0 Å². The molecule has 0 aliphatic carbocycles. The van der Waals surface area contributed by atoms with E-state index in [1.807, 2.05) is 0 Å². The van der Waals surface area contributed by atoms with Gasteiger partial charge in [0.25, 0.3) is 23.2 Å². The largest absolute Gasteiger partial charge is 0.322 e. The monoisotopic (exact) mass is 406 g/mol. The number of carbonyl (C=O) groups excluding carboxylic acids is 2. The van der Waals surface area contributed by atoms with Crippen LogP contribution in [-0.4, -0.2) is 21.7 Å². The molecular formula is C20H14N4O6. The van der Waals surface area contributed by atoms with Crippen LogP contribution in [0.3, 0.4) is 0 Å². The first-order chi connectivity index (χ1) is 14.3. The van der Waals surface area contributed by atoms with Crippen LogP contribution in [0.25, 0.3) is 0 Å². The number of nitro benzene ring substituents is 2. The molecule has 0 heterocycles. The molecule has 150 valence electrons. The molecule has 0 spiro atoms. The van der Waals surface area contributed by atoms with Crippen molar-refractivity contribution >= 4 is 34.6 Å². The van der Waals surface area contributed by atoms with Crippen molar-refractivity contribution in [2.75, 3.05) is 10.6 Å². The fourth-order valence-corrected chi connectivity index (χ4v) is 2.51. The number of non-ortho nitro benzene ring substituents is 2. The Balaban J connectivity index is 1.62. The fraction of sp³-hybridized carbons (Fsp3) is 0. The molecule has 3 rings (SSSR count). The Morgan fingerprint density at radius 3 is 1.23 bits per heavy atom. The summed E-state index contributed by atoms with van der Waals surface area (Å²) in [6.45, 7) is 0. The minimum absolute atomic E-state index is 0.0823. The summed E-state index contributed by atoms with van der Waals surface area (Å²) in [6, 6.07) is 16.7. The van der Waals surface area contributed by atoms with E-state index in [4.69, 9.17) is 0 Å². The Labute approximate surface area is 169 Å². The van der Waals surface area contributed by atoms with Crippen molar-refractivity contribution in [3.05, 3.63) is 104 Å². The average molecular weight is 406 g/mol. The highest BCUT2D eigenvalue weighted by Gasteiger charge is 2.11. The fourth-order valence-electron chi connectivity index (χ4n) is 2.51. The lowest BCUT2D eigenvalue weighted by Gasteiger charge is -2.08. The second-order valence-electron chi connectivity index (χ2n) is 6.09. The summed E-state index contributed by atoms with van der Waals surface area (Å²) in [7, 11) is 0. The first-order valence-corrected chi connectivity index (χ1v) is 8.55. The van der Waals surface area contributed by atoms with E-state index >= 15 is 0 Å². The quantitative estimate of drug-likeness (QED) is 0.467. The van der Waals surface area contributed by atoms with Crippen molar-refractivity contribution < 1.29 is 19.4 Å². The van der Waals surface area contributed by atoms with Gasteiger partial charge < -0.3 is 10.6 Å². The molecule has 3 aromatic rings. The van der Waals surface area contributed by atoms with E-state index in [9.17, 15) is 29.8 Å². The normalized spacial score (nSPS) is 10.1. The predicted octanol–water partition coefficient (Wildman–Crippen LogP) is 4.01. The van der Waals surface area contributed by atoms with Crippen LogP contribution in [0.4, 0.5) is 22.7 Å². The number of carbonyl (C=O) groups is 2. The Kier molecular flexibility index (Phi) is 5.78. The maximum atomic E-state index is 12.3. The molecule has 10 heteroatoms. The third-order valence-corrected chi connectivity index (χ3v) is 4.08. The minimum atomic E-state index is -0.553. The van der Waals surface area contributed by atoms with E-state index in [1.54, 1.807) is 0 Å². The van der Waals surface area contributed by atoms with Gasteiger partial charge in [-0.25, -0.2) is 0 Å². The van der Waals surface area contributed by atoms with E-state index in [-0.39, 0.29) is 16.9 Å². The molecule has 10 nitrogen and oxygen atoms in total. The molecule has 0 saturated carbocycles. The number of nitro groups is 2. The maximum Gasteiger partial charge on any atom is 0.269 e. The number of nitrogens with zero attached hydrogens (tertiary/aromatic N) is 2. The second kappa shape index (κ2) is 8.61. The first-order valence-electron chi connectivity index (χ1n) is 8.55. The summed E-state index contributed by atoms with van der Waals surface area (Å²) < 4.78 is 0. The lowest BCUT2D eigenvalue weighted by molar-refractivity contribution is -0.385. The summed E-state index contributed by atoms with van der Waals surface area (Å²) >= 11 is 0. The van der Waals surface area contributed by atoms with Crippen LogP contribution in [0, 0.1) is 20.2 Å². The smallest absolute Gasteiger partial charge is 0.269 e. The van der Waals surface area contributed by atoms with Crippen LogP contribution in [0.5, 0.6) is 0 Å². The van der Waals surface area contributed by atoms with Gasteiger partial charge in [-0.3, -0.25) is 29.8 Å². The van der Waals surface area contributed by atoms with Crippen molar-refractivity contribution in [2.45, 2.75) is 0 Å². The topological polar surface area (TPSA) is 144 Å². The van der Waals surface area contributed by atoms with E-state index in [0.29, 0.717) is 16.9 Å². The lowest BCUT2D eigenvalue weighted by atomic mass is 10.1. The van der Waals surface area contributed by atoms with Gasteiger partial charge in [0.15, 0.2) is 0 Å². The van der Waals surface area contributed by atoms with Gasteiger partial charge in [0.2, 0.25) is 0 Å². The highest BCUT2D eigenvalue weighted by atomic mass is 16.6. The molecule has 0 atom stereocenters. The van der Waals surface area contributed by atoms with Gasteiger partial charge in [0, 0.05) is 46.8 Å². The summed E-state index contributed by atoms with van der Waals surface area (Å²) in [4.78, 5) is 44.7. The van der Waals surface area contributed by atoms with E-state index in [2.05, 4.69) is 10.6 Å². The zero-order chi connectivity index (χ0) is 21.7. The zero-order valence-electron chi connectivity index (χ0n) is 15.3. The molecule has 2 N–H and O–H groups in total. The number of nitrogens with one attached hydrogen (secondary N) is 2. The van der Waals surface area contributed by atoms with Gasteiger partial charge in [0.1, 0.15) is 0 Å². The minimum Gasteiger partial charge on any atom is -0.322 e. The third kappa shape index (κ3) is 4.81. The number of amides is 2. The Hall–Kier alpha value is -4.60. The number of hydrogen-bond acceptors (Lipinski definition) is 6. The van der Waals surface area contributed by atoms with Crippen molar-refractivity contribution in [3.63, 3.8) is 0 Å². The summed E-state index contributed by atoms with van der Waals surface area (Å²) in [5, 5.41) is 26.6. The summed E-state index contributed by atoms with van der Waals surface area (Å²) in [5.41, 5.74) is 1.21. The zero-order valence-corrected chi connectivity index (χ0v) is 15.3. The lowest BCUT2D eigenvalue weighted by Crippen LogP contribution is -2.13. The molecule has 0 aliphatic heterocycles. The highest BCUT2D eigenvalue weighted by molar-refractivity contribution is 6.06. The van der Waals surface area contributed by atoms with Crippen LogP contribution < -0.4 is 10.6 Å². The molecule has 30 heavy (non-hydrogen) atoms. The molecule has 0 saturated heterocycles. The molecule has 2 amide bonds. The van der Waals surface area contributed by atoms with Crippen molar-refractivity contribution in [1.29, 1.82) is 0 Å². The van der Waals surface area contributed by atoms with E-state index in [0.717, 1.165) is 0 Å². The van der Waals surface area contributed by atoms with Crippen LogP contribution >= 0.6 is 0 Å². The Morgan fingerprint density at radius 1 is 0.567 bits per heavy atom. The van der Waals surface area contributed by atoms with E-state index in [1.165, 1.54) is 72.8 Å². The van der Waals surface area contributed by atoms with Gasteiger partial charge in [0.05, 0.1) is 9.85 Å². The first kappa shape index (κ1) is 20.1. The molecule has 0 fully saturated rings. The molecule has 3 aromatic carbocycles. The van der Waals surface area contributed by atoms with Crippen LogP contribution in [-0.2, 0) is 0 Å². The van der Waals surface area contributed by atoms with Crippen LogP contribution in [0.1, 0.15) is 20.7 Å². The van der Waals surface area contributed by atoms with Gasteiger partial charge in [-0.1, -0.05) is 0 Å². The molecule has 0 aliphatic rings. The molecule has 0 unspecified atom stereocenters. The number of benzene rings is 3. The SMILES string of the molecule is O=C(Nc1ccc([N+](=O)[O-])cc1)c1ccc(NC(=O)c2ccc([N+](=O)[O-])cc2)cc1. The van der Waals surface area contributed by atoms with Gasteiger partial charge in [-0.15, -0.1) is 0 Å². The van der Waals surface area contributed by atoms with Gasteiger partial charge in [-0.05, 0) is 48.5 Å². The maximum absolute atomic E-state index is 12.3. The molecule has 0 aromatic heterocycles. The number of anilines is 2. The third-order valence-electron chi connectivity index (χ3n) is 4.08. The number of rotatable bonds is 6. The van der Waals surface area contributed by atoms with Crippen LogP contribution in [0.15, 0.2) is 72.8 Å². The Bertz CT molecular complexity index is 1110. The molecule has 0 bridgehead atoms. The van der Waals surface area contributed by atoms with Crippen LogP contribution in [0.2, 0.25) is 0 Å². The van der Waals surface area contributed by atoms with Crippen molar-refractivity contribution in [2.24, 2.45) is 0 Å². The van der Waals surface area contributed by atoms with Crippen molar-refractivity contribution in [1.82, 2.24) is 0 Å². The molecular weight excluding hydrogens is 392 g/mol. The van der Waals surface area contributed by atoms with Gasteiger partial charge >= 0.3 is 0 Å². The average Bonchev–Trinajstić information content (AvgIpc) is 2.74. The van der Waals surface area contributed by atoms with E-state index < -0.39 is 21.7 Å². The summed E-state index contributed by atoms with van der Waals surface area (Å²) in [6.07, 6.45) is 0. The Morgan fingerprint density at radius 2 is 0.867 bits per heavy atom.